The fraction of sp³-hybridized carbons (Fsp3) is 0.793. The van der Waals surface area contributed by atoms with Crippen molar-refractivity contribution in [3.8, 4) is 0 Å². The molecule has 3 N–H and O–H groups in total. The molecule has 0 aromatic rings. The normalized spacial score (nSPS) is 37.9. The van der Waals surface area contributed by atoms with E-state index >= 15 is 0 Å². The van der Waals surface area contributed by atoms with Crippen LogP contribution in [-0.2, 0) is 19.1 Å². The Balaban J connectivity index is 1.62. The number of nitrogens with one attached hydrogen (secondary N) is 2. The van der Waals surface area contributed by atoms with Crippen molar-refractivity contribution in [2.24, 2.45) is 34.5 Å². The highest BCUT2D eigenvalue weighted by atomic mass is 16.6. The Labute approximate surface area is 220 Å². The minimum atomic E-state index is -1.15. The van der Waals surface area contributed by atoms with Crippen LogP contribution in [-0.4, -0.2) is 53.0 Å². The lowest BCUT2D eigenvalue weighted by Gasteiger charge is -2.61. The van der Waals surface area contributed by atoms with Crippen molar-refractivity contribution in [2.45, 2.75) is 104 Å². The molecule has 0 unspecified atom stereocenters. The molecule has 1 amide bonds. The first kappa shape index (κ1) is 27.8. The number of rotatable bonds is 6. The molecule has 0 saturated heterocycles. The van der Waals surface area contributed by atoms with Gasteiger partial charge in [0, 0.05) is 24.9 Å². The minimum absolute atomic E-state index is 0.00980. The molecular formula is C29H44N2O6. The van der Waals surface area contributed by atoms with Gasteiger partial charge in [-0.3, -0.25) is 9.59 Å². The van der Waals surface area contributed by atoms with E-state index in [2.05, 4.69) is 24.5 Å². The number of hydrogen-bond donors (Lipinski definition) is 3. The van der Waals surface area contributed by atoms with Gasteiger partial charge in [0.1, 0.15) is 17.4 Å². The van der Waals surface area contributed by atoms with Crippen LogP contribution in [0, 0.1) is 34.5 Å². The van der Waals surface area contributed by atoms with E-state index < -0.39 is 23.7 Å². The van der Waals surface area contributed by atoms with Crippen molar-refractivity contribution < 1.29 is 29.0 Å². The van der Waals surface area contributed by atoms with Crippen LogP contribution < -0.4 is 10.6 Å². The van der Waals surface area contributed by atoms with E-state index in [1.54, 1.807) is 27.7 Å². The van der Waals surface area contributed by atoms with E-state index in [0.29, 0.717) is 18.3 Å². The van der Waals surface area contributed by atoms with Gasteiger partial charge in [0.2, 0.25) is 0 Å². The number of allylic oxidation sites excluding steroid dienone is 1. The smallest absolute Gasteiger partial charge is 0.408 e. The number of carbonyl (C=O) groups is 4. The van der Waals surface area contributed by atoms with Crippen LogP contribution >= 0.6 is 0 Å². The Kier molecular flexibility index (Phi) is 7.38. The highest BCUT2D eigenvalue weighted by Gasteiger charge is 2.62. The van der Waals surface area contributed by atoms with Crippen LogP contribution in [0.15, 0.2) is 11.6 Å². The predicted molar refractivity (Wildman–Crippen MR) is 139 cm³/mol. The Hall–Kier alpha value is -2.22. The lowest BCUT2D eigenvalue weighted by atomic mass is 9.45. The fourth-order valence-corrected chi connectivity index (χ4v) is 8.53. The standard InChI is InChI=1S/C29H44N2O6/c1-16(32)20-9-10-21-19-8-7-17-13-18(33)11-12-28(17,5)24(19)22(14-29(20,21)6)30-15-23(25(34)35)31-26(36)37-27(2,3)4/h13,19-24,30H,7-12,14-15H2,1-6H3,(H,31,36)(H,34,35)/t19-,20+,21-,22-,23-,24+,28-,29+/m0/s1. The minimum Gasteiger partial charge on any atom is -0.480 e. The molecule has 4 rings (SSSR count). The van der Waals surface area contributed by atoms with Gasteiger partial charge in [-0.05, 0) is 101 Å². The third kappa shape index (κ3) is 5.23. The number of alkyl carbamates (subject to hydrolysis) is 1. The molecule has 3 saturated carbocycles. The number of ketones is 2. The van der Waals surface area contributed by atoms with Gasteiger partial charge in [-0.1, -0.05) is 19.4 Å². The molecule has 0 spiro atoms. The van der Waals surface area contributed by atoms with Gasteiger partial charge in [0.05, 0.1) is 0 Å². The number of carboxylic acids is 1. The SMILES string of the molecule is CC(=O)[C@H]1CC[C@H]2[C@@H]3CCC4=CC(=O)CC[C@]4(C)[C@H]3[C@@H](NC[C@H](NC(=O)OC(C)(C)C)C(=O)O)C[C@]12C. The fourth-order valence-electron chi connectivity index (χ4n) is 8.53. The topological polar surface area (TPSA) is 122 Å². The van der Waals surface area contributed by atoms with Gasteiger partial charge in [0.15, 0.2) is 5.78 Å². The lowest BCUT2D eigenvalue weighted by Crippen LogP contribution is -2.62. The number of ether oxygens (including phenoxy) is 1. The maximum atomic E-state index is 12.7. The van der Waals surface area contributed by atoms with Gasteiger partial charge in [-0.25, -0.2) is 9.59 Å². The number of hydrogen-bond acceptors (Lipinski definition) is 6. The summed E-state index contributed by atoms with van der Waals surface area (Å²) >= 11 is 0. The quantitative estimate of drug-likeness (QED) is 0.482. The van der Waals surface area contributed by atoms with Crippen LogP contribution in [0.4, 0.5) is 4.79 Å². The van der Waals surface area contributed by atoms with E-state index in [9.17, 15) is 24.3 Å². The van der Waals surface area contributed by atoms with Crippen LogP contribution in [0.25, 0.3) is 0 Å². The molecule has 37 heavy (non-hydrogen) atoms. The van der Waals surface area contributed by atoms with E-state index in [0.717, 1.165) is 38.5 Å². The second-order valence-electron chi connectivity index (χ2n) is 13.4. The largest absolute Gasteiger partial charge is 0.480 e. The first-order valence-corrected chi connectivity index (χ1v) is 13.9. The third-order valence-electron chi connectivity index (χ3n) is 9.99. The van der Waals surface area contributed by atoms with Crippen molar-refractivity contribution in [2.75, 3.05) is 6.54 Å². The zero-order chi connectivity index (χ0) is 27.3. The first-order chi connectivity index (χ1) is 17.2. The summed E-state index contributed by atoms with van der Waals surface area (Å²) < 4.78 is 5.29. The highest BCUT2D eigenvalue weighted by molar-refractivity contribution is 5.91. The van der Waals surface area contributed by atoms with Gasteiger partial charge in [-0.2, -0.15) is 0 Å². The molecule has 0 radical (unpaired) electrons. The molecule has 4 aliphatic carbocycles. The molecule has 0 heterocycles. The van der Waals surface area contributed by atoms with Gasteiger partial charge in [-0.15, -0.1) is 0 Å². The summed E-state index contributed by atoms with van der Waals surface area (Å²) in [6.45, 7) is 11.5. The Morgan fingerprint density at radius 1 is 1.16 bits per heavy atom. The Morgan fingerprint density at radius 3 is 2.49 bits per heavy atom. The van der Waals surface area contributed by atoms with Gasteiger partial charge in [0.25, 0.3) is 0 Å². The number of fused-ring (bicyclic) bond motifs is 5. The Bertz CT molecular complexity index is 999. The predicted octanol–water partition coefficient (Wildman–Crippen LogP) is 4.27. The number of amides is 1. The van der Waals surface area contributed by atoms with Gasteiger partial charge >= 0.3 is 12.1 Å². The lowest BCUT2D eigenvalue weighted by molar-refractivity contribution is -0.139. The average molecular weight is 517 g/mol. The number of carbonyl (C=O) groups excluding carboxylic acids is 3. The molecular weight excluding hydrogens is 472 g/mol. The third-order valence-corrected chi connectivity index (χ3v) is 9.99. The zero-order valence-electron chi connectivity index (χ0n) is 23.2. The number of Topliss-reactive ketones (excluding diaryl/α,β-unsaturated/α-hetero) is 1. The molecule has 3 fully saturated rings. The molecule has 4 aliphatic rings. The van der Waals surface area contributed by atoms with Gasteiger partial charge < -0.3 is 20.5 Å². The van der Waals surface area contributed by atoms with E-state index in [4.69, 9.17) is 4.74 Å². The van der Waals surface area contributed by atoms with Crippen LogP contribution in [0.2, 0.25) is 0 Å². The van der Waals surface area contributed by atoms with Crippen LogP contribution in [0.1, 0.15) is 86.5 Å². The summed E-state index contributed by atoms with van der Waals surface area (Å²) in [5.74, 6) is 0.393. The Morgan fingerprint density at radius 2 is 1.86 bits per heavy atom. The van der Waals surface area contributed by atoms with E-state index in [1.165, 1.54) is 5.57 Å². The second kappa shape index (κ2) is 9.83. The summed E-state index contributed by atoms with van der Waals surface area (Å²) in [7, 11) is 0. The summed E-state index contributed by atoms with van der Waals surface area (Å²) in [6, 6.07) is -1.18. The molecule has 0 aromatic carbocycles. The van der Waals surface area contributed by atoms with Crippen molar-refractivity contribution in [3.05, 3.63) is 11.6 Å². The summed E-state index contributed by atoms with van der Waals surface area (Å²) in [5.41, 5.74) is 0.206. The number of aliphatic carboxylic acids is 1. The molecule has 8 atom stereocenters. The van der Waals surface area contributed by atoms with Crippen molar-refractivity contribution in [1.29, 1.82) is 0 Å². The molecule has 0 bridgehead atoms. The van der Waals surface area contributed by atoms with Crippen LogP contribution in [0.5, 0.6) is 0 Å². The average Bonchev–Trinajstić information content (AvgIpc) is 3.12. The van der Waals surface area contributed by atoms with Crippen molar-refractivity contribution >= 4 is 23.6 Å². The second-order valence-corrected chi connectivity index (χ2v) is 13.4. The summed E-state index contributed by atoms with van der Waals surface area (Å²) in [4.78, 5) is 49.4. The molecule has 8 heteroatoms. The monoisotopic (exact) mass is 516 g/mol. The first-order valence-electron chi connectivity index (χ1n) is 13.9. The highest BCUT2D eigenvalue weighted by Crippen LogP contribution is 2.66. The maximum absolute atomic E-state index is 12.7. The molecule has 206 valence electrons. The molecule has 0 aliphatic heterocycles. The van der Waals surface area contributed by atoms with Crippen molar-refractivity contribution in [3.63, 3.8) is 0 Å². The number of carboxylic acid groups (broad SMARTS) is 1. The summed E-state index contributed by atoms with van der Waals surface area (Å²) in [6.07, 6.45) is 7.06. The molecule has 0 aromatic heterocycles. The van der Waals surface area contributed by atoms with Crippen LogP contribution in [0.3, 0.4) is 0 Å². The maximum Gasteiger partial charge on any atom is 0.408 e. The van der Waals surface area contributed by atoms with E-state index in [1.807, 2.05) is 6.08 Å². The van der Waals surface area contributed by atoms with Crippen molar-refractivity contribution in [1.82, 2.24) is 10.6 Å². The molecule has 8 nitrogen and oxygen atoms in total. The summed E-state index contributed by atoms with van der Waals surface area (Å²) in [5, 5.41) is 15.9. The zero-order valence-corrected chi connectivity index (χ0v) is 23.2. The van der Waals surface area contributed by atoms with E-state index in [-0.39, 0.29) is 46.8 Å².